The zero-order valence-corrected chi connectivity index (χ0v) is 10.2. The topological polar surface area (TPSA) is 38.0 Å². The van der Waals surface area contributed by atoms with E-state index in [1.807, 2.05) is 0 Å². The highest BCUT2D eigenvalue weighted by Crippen LogP contribution is 2.38. The zero-order valence-electron chi connectivity index (χ0n) is 10.2. The van der Waals surface area contributed by atoms with E-state index in [1.165, 1.54) is 0 Å². The summed E-state index contributed by atoms with van der Waals surface area (Å²) in [4.78, 5) is 0. The Morgan fingerprint density at radius 3 is 2.35 bits per heavy atom. The quantitative estimate of drug-likeness (QED) is 0.776. The summed E-state index contributed by atoms with van der Waals surface area (Å²) in [6, 6.07) is 2.43. The van der Waals surface area contributed by atoms with E-state index in [1.54, 1.807) is 0 Å². The maximum Gasteiger partial charge on any atom is 0.151 e. The summed E-state index contributed by atoms with van der Waals surface area (Å²) in [6.45, 7) is 4.34. The average molecular weight is 240 g/mol. The summed E-state index contributed by atoms with van der Waals surface area (Å²) in [5, 5.41) is 2.95. The molecule has 0 saturated heterocycles. The van der Waals surface area contributed by atoms with Gasteiger partial charge in [-0.3, -0.25) is 0 Å². The standard InChI is InChI=1S/C13H18F2N2/c1-13(2)4-3-9(7-13)17-12-10(14)5-8(16)6-11(12)15/h5-6,9,17H,3-4,7,16H2,1-2H3. The normalized spacial score (nSPS) is 22.7. The van der Waals surface area contributed by atoms with Crippen molar-refractivity contribution in [1.29, 1.82) is 0 Å². The van der Waals surface area contributed by atoms with Crippen LogP contribution in [0.1, 0.15) is 33.1 Å². The van der Waals surface area contributed by atoms with Crippen LogP contribution in [0.25, 0.3) is 0 Å². The maximum atomic E-state index is 13.6. The lowest BCUT2D eigenvalue weighted by molar-refractivity contribution is 0.378. The minimum atomic E-state index is -0.618. The van der Waals surface area contributed by atoms with Crippen LogP contribution in [0.15, 0.2) is 12.1 Å². The molecule has 94 valence electrons. The van der Waals surface area contributed by atoms with Gasteiger partial charge < -0.3 is 11.1 Å². The van der Waals surface area contributed by atoms with Crippen molar-refractivity contribution < 1.29 is 8.78 Å². The van der Waals surface area contributed by atoms with Gasteiger partial charge in [0.25, 0.3) is 0 Å². The Morgan fingerprint density at radius 1 is 1.29 bits per heavy atom. The van der Waals surface area contributed by atoms with Gasteiger partial charge in [0.1, 0.15) is 5.69 Å². The number of benzene rings is 1. The van der Waals surface area contributed by atoms with Crippen molar-refractivity contribution >= 4 is 11.4 Å². The summed E-state index contributed by atoms with van der Waals surface area (Å²) in [5.74, 6) is -1.24. The van der Waals surface area contributed by atoms with Gasteiger partial charge in [-0.2, -0.15) is 0 Å². The van der Waals surface area contributed by atoms with Crippen LogP contribution in [-0.4, -0.2) is 6.04 Å². The highest BCUT2D eigenvalue weighted by Gasteiger charge is 2.31. The predicted molar refractivity (Wildman–Crippen MR) is 65.8 cm³/mol. The van der Waals surface area contributed by atoms with E-state index in [9.17, 15) is 8.78 Å². The lowest BCUT2D eigenvalue weighted by atomic mass is 9.92. The van der Waals surface area contributed by atoms with Gasteiger partial charge in [0.15, 0.2) is 11.6 Å². The van der Waals surface area contributed by atoms with Crippen LogP contribution in [0.2, 0.25) is 0 Å². The molecule has 4 heteroatoms. The number of rotatable bonds is 2. The molecule has 1 aromatic rings. The molecule has 1 aliphatic rings. The first-order valence-corrected chi connectivity index (χ1v) is 5.88. The molecule has 0 amide bonds. The molecule has 2 nitrogen and oxygen atoms in total. The van der Waals surface area contributed by atoms with Gasteiger partial charge >= 0.3 is 0 Å². The van der Waals surface area contributed by atoms with Gasteiger partial charge in [-0.25, -0.2) is 8.78 Å². The summed E-state index contributed by atoms with van der Waals surface area (Å²) >= 11 is 0. The molecule has 17 heavy (non-hydrogen) atoms. The molecule has 1 atom stereocenters. The minimum absolute atomic E-state index is 0.0538. The zero-order chi connectivity index (χ0) is 12.6. The first-order valence-electron chi connectivity index (χ1n) is 5.88. The fourth-order valence-electron chi connectivity index (χ4n) is 2.49. The highest BCUT2D eigenvalue weighted by atomic mass is 19.1. The summed E-state index contributed by atoms with van der Waals surface area (Å²) < 4.78 is 27.1. The fraction of sp³-hybridized carbons (Fsp3) is 0.538. The van der Waals surface area contributed by atoms with Crippen LogP contribution < -0.4 is 11.1 Å². The Bertz CT molecular complexity index is 406. The number of hydrogen-bond acceptors (Lipinski definition) is 2. The molecule has 1 aromatic carbocycles. The Morgan fingerprint density at radius 2 is 1.88 bits per heavy atom. The van der Waals surface area contributed by atoms with E-state index < -0.39 is 11.6 Å². The summed E-state index contributed by atoms with van der Waals surface area (Å²) in [7, 11) is 0. The van der Waals surface area contributed by atoms with Crippen LogP contribution in [0.3, 0.4) is 0 Å². The van der Waals surface area contributed by atoms with Crippen molar-refractivity contribution in [3.05, 3.63) is 23.8 Å². The molecule has 0 aromatic heterocycles. The average Bonchev–Trinajstić information content (AvgIpc) is 2.52. The molecular weight excluding hydrogens is 222 g/mol. The van der Waals surface area contributed by atoms with Crippen molar-refractivity contribution in [3.8, 4) is 0 Å². The van der Waals surface area contributed by atoms with Gasteiger partial charge in [0.2, 0.25) is 0 Å². The molecule has 1 fully saturated rings. The van der Waals surface area contributed by atoms with E-state index in [2.05, 4.69) is 19.2 Å². The second-order valence-electron chi connectivity index (χ2n) is 5.61. The molecule has 1 unspecified atom stereocenters. The lowest BCUT2D eigenvalue weighted by Gasteiger charge is -2.19. The van der Waals surface area contributed by atoms with E-state index in [0.717, 1.165) is 31.4 Å². The summed E-state index contributed by atoms with van der Waals surface area (Å²) in [5.41, 5.74) is 5.68. The molecule has 0 spiro atoms. The molecule has 2 rings (SSSR count). The first kappa shape index (κ1) is 12.1. The second kappa shape index (κ2) is 4.17. The van der Waals surface area contributed by atoms with Crippen LogP contribution in [-0.2, 0) is 0 Å². The van der Waals surface area contributed by atoms with Crippen molar-refractivity contribution in [3.63, 3.8) is 0 Å². The third-order valence-electron chi connectivity index (χ3n) is 3.38. The maximum absolute atomic E-state index is 13.6. The number of nitrogens with two attached hydrogens (primary N) is 1. The number of nitrogens with one attached hydrogen (secondary N) is 1. The van der Waals surface area contributed by atoms with Crippen molar-refractivity contribution in [2.24, 2.45) is 5.41 Å². The molecule has 0 heterocycles. The molecule has 3 N–H and O–H groups in total. The van der Waals surface area contributed by atoms with Gasteiger partial charge in [-0.1, -0.05) is 13.8 Å². The number of nitrogen functional groups attached to an aromatic ring is 1. The number of hydrogen-bond donors (Lipinski definition) is 2. The second-order valence-corrected chi connectivity index (χ2v) is 5.61. The molecule has 1 saturated carbocycles. The fourth-order valence-corrected chi connectivity index (χ4v) is 2.49. The molecule has 0 bridgehead atoms. The van der Waals surface area contributed by atoms with E-state index >= 15 is 0 Å². The van der Waals surface area contributed by atoms with E-state index in [0.29, 0.717) is 0 Å². The largest absolute Gasteiger partial charge is 0.399 e. The minimum Gasteiger partial charge on any atom is -0.399 e. The number of halogens is 2. The summed E-state index contributed by atoms with van der Waals surface area (Å²) in [6.07, 6.45) is 2.94. The SMILES string of the molecule is CC1(C)CCC(Nc2c(F)cc(N)cc2F)C1. The van der Waals surface area contributed by atoms with Crippen molar-refractivity contribution in [2.75, 3.05) is 11.1 Å². The smallest absolute Gasteiger partial charge is 0.151 e. The number of anilines is 2. The molecule has 0 aliphatic heterocycles. The van der Waals surface area contributed by atoms with E-state index in [4.69, 9.17) is 5.73 Å². The van der Waals surface area contributed by atoms with Crippen LogP contribution in [0.4, 0.5) is 20.2 Å². The highest BCUT2D eigenvalue weighted by molar-refractivity contribution is 5.54. The van der Waals surface area contributed by atoms with Crippen molar-refractivity contribution in [2.45, 2.75) is 39.2 Å². The Balaban J connectivity index is 2.15. The van der Waals surface area contributed by atoms with Gasteiger partial charge in [0.05, 0.1) is 0 Å². The van der Waals surface area contributed by atoms with Crippen molar-refractivity contribution in [1.82, 2.24) is 0 Å². The Hall–Kier alpha value is -1.32. The van der Waals surface area contributed by atoms with Crippen LogP contribution in [0.5, 0.6) is 0 Å². The monoisotopic (exact) mass is 240 g/mol. The molecular formula is C13H18F2N2. The van der Waals surface area contributed by atoms with E-state index in [-0.39, 0.29) is 22.8 Å². The molecule has 0 radical (unpaired) electrons. The lowest BCUT2D eigenvalue weighted by Crippen LogP contribution is -2.19. The van der Waals surface area contributed by atoms with Crippen LogP contribution in [0, 0.1) is 17.0 Å². The van der Waals surface area contributed by atoms with Gasteiger partial charge in [-0.05, 0) is 36.8 Å². The van der Waals surface area contributed by atoms with Gasteiger partial charge in [0, 0.05) is 11.7 Å². The molecule has 1 aliphatic carbocycles. The third kappa shape index (κ3) is 2.68. The first-order chi connectivity index (χ1) is 7.87. The van der Waals surface area contributed by atoms with Gasteiger partial charge in [-0.15, -0.1) is 0 Å². The third-order valence-corrected chi connectivity index (χ3v) is 3.38. The predicted octanol–water partition coefficient (Wildman–Crippen LogP) is 3.54. The Labute approximate surface area is 100 Å². The Kier molecular flexibility index (Phi) is 2.98. The van der Waals surface area contributed by atoms with Crippen LogP contribution >= 0.6 is 0 Å².